The van der Waals surface area contributed by atoms with E-state index < -0.39 is 11.6 Å². The Morgan fingerprint density at radius 1 is 1.39 bits per heavy atom. The largest absolute Gasteiger partial charge is 0.370 e. The molecule has 0 saturated carbocycles. The third-order valence-corrected chi connectivity index (χ3v) is 2.13. The van der Waals surface area contributed by atoms with E-state index in [9.17, 15) is 8.78 Å². The number of nitrogens with one attached hydrogen (secondary N) is 1. The molecular weight excluding hydrogens is 351 g/mol. The number of benzene rings is 1. The SMILES string of the molecule is C=CCNC(N)=NCCc1c(F)cccc1F.I. The lowest BCUT2D eigenvalue weighted by molar-refractivity contribution is 0.555. The second-order valence-corrected chi connectivity index (χ2v) is 3.39. The summed E-state index contributed by atoms with van der Waals surface area (Å²) in [6.07, 6.45) is 1.81. The van der Waals surface area contributed by atoms with Crippen LogP contribution < -0.4 is 11.1 Å². The van der Waals surface area contributed by atoms with Gasteiger partial charge in [0.05, 0.1) is 0 Å². The van der Waals surface area contributed by atoms with Crippen LogP contribution in [-0.2, 0) is 6.42 Å². The first-order valence-corrected chi connectivity index (χ1v) is 5.22. The Balaban J connectivity index is 0.00000289. The maximum absolute atomic E-state index is 13.2. The highest BCUT2D eigenvalue weighted by molar-refractivity contribution is 14.0. The van der Waals surface area contributed by atoms with E-state index in [0.717, 1.165) is 0 Å². The molecule has 1 aromatic carbocycles. The van der Waals surface area contributed by atoms with Gasteiger partial charge in [-0.15, -0.1) is 30.6 Å². The molecule has 1 rings (SSSR count). The van der Waals surface area contributed by atoms with Crippen molar-refractivity contribution in [1.82, 2.24) is 5.32 Å². The molecule has 0 aliphatic rings. The predicted molar refractivity (Wildman–Crippen MR) is 80.2 cm³/mol. The van der Waals surface area contributed by atoms with Crippen LogP contribution in [0.25, 0.3) is 0 Å². The zero-order chi connectivity index (χ0) is 12.7. The van der Waals surface area contributed by atoms with Gasteiger partial charge in [-0.25, -0.2) is 8.78 Å². The summed E-state index contributed by atoms with van der Waals surface area (Å²) < 4.78 is 26.5. The third-order valence-electron chi connectivity index (χ3n) is 2.13. The molecule has 0 aliphatic carbocycles. The van der Waals surface area contributed by atoms with Crippen LogP contribution in [0.3, 0.4) is 0 Å². The van der Waals surface area contributed by atoms with Crippen LogP contribution in [0.5, 0.6) is 0 Å². The van der Waals surface area contributed by atoms with Crippen molar-refractivity contribution < 1.29 is 8.78 Å². The fraction of sp³-hybridized carbons (Fsp3) is 0.250. The van der Waals surface area contributed by atoms with E-state index in [2.05, 4.69) is 16.9 Å². The van der Waals surface area contributed by atoms with Gasteiger partial charge >= 0.3 is 0 Å². The fourth-order valence-corrected chi connectivity index (χ4v) is 1.29. The molecule has 100 valence electrons. The normalized spacial score (nSPS) is 10.7. The fourth-order valence-electron chi connectivity index (χ4n) is 1.29. The molecule has 3 nitrogen and oxygen atoms in total. The Bertz CT molecular complexity index is 402. The summed E-state index contributed by atoms with van der Waals surface area (Å²) in [6, 6.07) is 3.78. The summed E-state index contributed by atoms with van der Waals surface area (Å²) in [7, 11) is 0. The number of rotatable bonds is 5. The molecule has 18 heavy (non-hydrogen) atoms. The van der Waals surface area contributed by atoms with Crippen LogP contribution in [0.1, 0.15) is 5.56 Å². The summed E-state index contributed by atoms with van der Waals surface area (Å²) >= 11 is 0. The van der Waals surface area contributed by atoms with Gasteiger partial charge < -0.3 is 11.1 Å². The first-order chi connectivity index (χ1) is 8.15. The van der Waals surface area contributed by atoms with Gasteiger partial charge in [0.25, 0.3) is 0 Å². The lowest BCUT2D eigenvalue weighted by Gasteiger charge is -2.04. The number of aliphatic imine (C=N–C) groups is 1. The van der Waals surface area contributed by atoms with Crippen LogP contribution >= 0.6 is 24.0 Å². The maximum atomic E-state index is 13.2. The molecule has 0 heterocycles. The molecule has 0 saturated heterocycles. The van der Waals surface area contributed by atoms with Crippen LogP contribution in [-0.4, -0.2) is 19.0 Å². The van der Waals surface area contributed by atoms with Crippen molar-refractivity contribution in [1.29, 1.82) is 0 Å². The molecule has 1 aromatic rings. The Hall–Kier alpha value is -1.18. The van der Waals surface area contributed by atoms with Gasteiger partial charge in [-0.05, 0) is 18.6 Å². The zero-order valence-corrected chi connectivity index (χ0v) is 12.2. The van der Waals surface area contributed by atoms with E-state index in [-0.39, 0.29) is 48.5 Å². The number of nitrogens with zero attached hydrogens (tertiary/aromatic N) is 1. The van der Waals surface area contributed by atoms with E-state index >= 15 is 0 Å². The first-order valence-electron chi connectivity index (χ1n) is 5.22. The van der Waals surface area contributed by atoms with E-state index in [1.165, 1.54) is 18.2 Å². The molecule has 0 aliphatic heterocycles. The Morgan fingerprint density at radius 2 is 2.00 bits per heavy atom. The van der Waals surface area contributed by atoms with Gasteiger partial charge in [0.15, 0.2) is 5.96 Å². The highest BCUT2D eigenvalue weighted by Crippen LogP contribution is 2.12. The van der Waals surface area contributed by atoms with Crippen LogP contribution in [0.2, 0.25) is 0 Å². The molecule has 0 bridgehead atoms. The summed E-state index contributed by atoms with van der Waals surface area (Å²) in [5.41, 5.74) is 5.54. The van der Waals surface area contributed by atoms with Crippen LogP contribution in [0, 0.1) is 11.6 Å². The van der Waals surface area contributed by atoms with Gasteiger partial charge in [0.1, 0.15) is 11.6 Å². The zero-order valence-electron chi connectivity index (χ0n) is 9.83. The van der Waals surface area contributed by atoms with Gasteiger partial charge in [0, 0.05) is 18.7 Å². The van der Waals surface area contributed by atoms with Gasteiger partial charge in [-0.3, -0.25) is 4.99 Å². The lowest BCUT2D eigenvalue weighted by Crippen LogP contribution is -2.31. The second-order valence-electron chi connectivity index (χ2n) is 3.39. The number of hydrogen-bond donors (Lipinski definition) is 2. The van der Waals surface area contributed by atoms with Crippen molar-refractivity contribution in [3.63, 3.8) is 0 Å². The minimum absolute atomic E-state index is 0. The number of guanidine groups is 1. The van der Waals surface area contributed by atoms with E-state index in [1.807, 2.05) is 0 Å². The molecule has 0 amide bonds. The predicted octanol–water partition coefficient (Wildman–Crippen LogP) is 2.22. The molecular formula is C12H16F2IN3. The Morgan fingerprint density at radius 3 is 2.56 bits per heavy atom. The molecule has 0 spiro atoms. The van der Waals surface area contributed by atoms with Crippen molar-refractivity contribution in [3.8, 4) is 0 Å². The first kappa shape index (κ1) is 16.8. The topological polar surface area (TPSA) is 50.4 Å². The molecule has 6 heteroatoms. The minimum Gasteiger partial charge on any atom is -0.370 e. The molecule has 3 N–H and O–H groups in total. The summed E-state index contributed by atoms with van der Waals surface area (Å²) in [6.45, 7) is 4.24. The van der Waals surface area contributed by atoms with Crippen LogP contribution in [0.15, 0.2) is 35.8 Å². The second kappa shape index (κ2) is 8.84. The quantitative estimate of drug-likeness (QED) is 0.363. The highest BCUT2D eigenvalue weighted by atomic mass is 127. The Kier molecular flexibility index (Phi) is 8.27. The maximum Gasteiger partial charge on any atom is 0.188 e. The molecule has 0 radical (unpaired) electrons. The average Bonchev–Trinajstić information content (AvgIpc) is 2.30. The van der Waals surface area contributed by atoms with Crippen LogP contribution in [0.4, 0.5) is 8.78 Å². The van der Waals surface area contributed by atoms with Crippen molar-refractivity contribution in [2.24, 2.45) is 10.7 Å². The molecule has 0 unspecified atom stereocenters. The Labute approximate surface area is 122 Å². The third kappa shape index (κ3) is 5.44. The standard InChI is InChI=1S/C12H15F2N3.HI/c1-2-7-16-12(15)17-8-6-9-10(13)4-3-5-11(9)14;/h2-5H,1,6-8H2,(H3,15,16,17);1H. The summed E-state index contributed by atoms with van der Waals surface area (Å²) in [5, 5.41) is 2.77. The number of halogens is 3. The van der Waals surface area contributed by atoms with Crippen molar-refractivity contribution >= 4 is 29.9 Å². The van der Waals surface area contributed by atoms with E-state index in [4.69, 9.17) is 5.73 Å². The molecule has 0 aromatic heterocycles. The minimum atomic E-state index is -0.558. The molecule has 0 fully saturated rings. The number of nitrogens with two attached hydrogens (primary N) is 1. The van der Waals surface area contributed by atoms with Crippen molar-refractivity contribution in [2.45, 2.75) is 6.42 Å². The van der Waals surface area contributed by atoms with Gasteiger partial charge in [0.2, 0.25) is 0 Å². The average molecular weight is 367 g/mol. The summed E-state index contributed by atoms with van der Waals surface area (Å²) in [5.74, 6) is -0.878. The molecule has 0 atom stereocenters. The lowest BCUT2D eigenvalue weighted by atomic mass is 10.1. The van der Waals surface area contributed by atoms with Gasteiger partial charge in [-0.2, -0.15) is 0 Å². The smallest absolute Gasteiger partial charge is 0.188 e. The number of hydrogen-bond acceptors (Lipinski definition) is 1. The van der Waals surface area contributed by atoms with E-state index in [1.54, 1.807) is 6.08 Å². The highest BCUT2D eigenvalue weighted by Gasteiger charge is 2.07. The van der Waals surface area contributed by atoms with Gasteiger partial charge in [-0.1, -0.05) is 12.1 Å². The van der Waals surface area contributed by atoms with Crippen molar-refractivity contribution in [2.75, 3.05) is 13.1 Å². The van der Waals surface area contributed by atoms with E-state index in [0.29, 0.717) is 6.54 Å². The monoisotopic (exact) mass is 367 g/mol. The van der Waals surface area contributed by atoms with Crippen molar-refractivity contribution in [3.05, 3.63) is 48.1 Å². The summed E-state index contributed by atoms with van der Waals surface area (Å²) in [4.78, 5) is 3.94.